The predicted octanol–water partition coefficient (Wildman–Crippen LogP) is 4.22. The van der Waals surface area contributed by atoms with Gasteiger partial charge < -0.3 is 10.1 Å². The van der Waals surface area contributed by atoms with Crippen molar-refractivity contribution in [2.24, 2.45) is 0 Å². The van der Waals surface area contributed by atoms with Gasteiger partial charge in [0.05, 0.1) is 17.8 Å². The van der Waals surface area contributed by atoms with Crippen LogP contribution in [-0.2, 0) is 20.7 Å². The summed E-state index contributed by atoms with van der Waals surface area (Å²) in [7, 11) is 0. The van der Waals surface area contributed by atoms with Crippen LogP contribution in [0.2, 0.25) is 0 Å². The van der Waals surface area contributed by atoms with Gasteiger partial charge in [0.25, 0.3) is 5.91 Å². The Bertz CT molecular complexity index is 1050. The molecule has 1 aromatic heterocycles. The average molecular weight is 405 g/mol. The highest BCUT2D eigenvalue weighted by Gasteiger charge is 2.22. The lowest BCUT2D eigenvalue weighted by Crippen LogP contribution is -2.31. The molecule has 1 heterocycles. The van der Waals surface area contributed by atoms with E-state index in [4.69, 9.17) is 4.74 Å². The Morgan fingerprint density at radius 2 is 1.63 bits per heavy atom. The summed E-state index contributed by atoms with van der Waals surface area (Å²) in [4.78, 5) is 25.0. The Kier molecular flexibility index (Phi) is 6.35. The van der Waals surface area contributed by atoms with E-state index < -0.39 is 12.1 Å². The molecule has 3 rings (SSSR count). The number of rotatable bonds is 6. The summed E-state index contributed by atoms with van der Waals surface area (Å²) < 4.78 is 7.22. The van der Waals surface area contributed by atoms with Gasteiger partial charge in [-0.2, -0.15) is 5.10 Å². The van der Waals surface area contributed by atoms with Gasteiger partial charge in [-0.15, -0.1) is 0 Å². The maximum atomic E-state index is 12.5. The summed E-state index contributed by atoms with van der Waals surface area (Å²) in [6.45, 7) is 9.22. The van der Waals surface area contributed by atoms with Crippen LogP contribution in [0.5, 0.6) is 0 Å². The molecule has 0 radical (unpaired) electrons. The largest absolute Gasteiger partial charge is 0.452 e. The normalized spacial score (nSPS) is 11.8. The molecular formula is C24H27N3O3. The number of carbonyl (C=O) groups is 2. The van der Waals surface area contributed by atoms with Crippen LogP contribution in [0.4, 0.5) is 5.69 Å². The predicted molar refractivity (Wildman–Crippen MR) is 117 cm³/mol. The molecule has 0 aliphatic carbocycles. The molecular weight excluding hydrogens is 378 g/mol. The smallest absolute Gasteiger partial charge is 0.311 e. The molecule has 0 saturated heterocycles. The van der Waals surface area contributed by atoms with Crippen LogP contribution in [0.1, 0.15) is 35.0 Å². The number of benzene rings is 2. The lowest BCUT2D eigenvalue weighted by Gasteiger charge is -2.16. The number of nitrogens with one attached hydrogen (secondary N) is 1. The van der Waals surface area contributed by atoms with Gasteiger partial charge in [-0.05, 0) is 57.9 Å². The second kappa shape index (κ2) is 8.95. The van der Waals surface area contributed by atoms with E-state index in [0.29, 0.717) is 0 Å². The highest BCUT2D eigenvalue weighted by Crippen LogP contribution is 2.21. The number of anilines is 1. The monoisotopic (exact) mass is 405 g/mol. The van der Waals surface area contributed by atoms with E-state index >= 15 is 0 Å². The van der Waals surface area contributed by atoms with E-state index in [0.717, 1.165) is 39.5 Å². The molecule has 0 saturated carbocycles. The van der Waals surface area contributed by atoms with Gasteiger partial charge in [-0.1, -0.05) is 36.4 Å². The minimum absolute atomic E-state index is 0.0610. The van der Waals surface area contributed by atoms with Crippen molar-refractivity contribution >= 4 is 17.6 Å². The Balaban J connectivity index is 1.67. The third-order valence-electron chi connectivity index (χ3n) is 5.17. The maximum Gasteiger partial charge on any atom is 0.311 e. The van der Waals surface area contributed by atoms with E-state index in [-0.39, 0.29) is 12.3 Å². The van der Waals surface area contributed by atoms with Crippen molar-refractivity contribution in [1.82, 2.24) is 9.78 Å². The van der Waals surface area contributed by atoms with Crippen LogP contribution >= 0.6 is 0 Å². The van der Waals surface area contributed by atoms with E-state index in [1.165, 1.54) is 0 Å². The zero-order chi connectivity index (χ0) is 21.8. The maximum absolute atomic E-state index is 12.5. The fraction of sp³-hybridized carbons (Fsp3) is 0.292. The van der Waals surface area contributed by atoms with Crippen LogP contribution in [0.25, 0.3) is 5.69 Å². The summed E-state index contributed by atoms with van der Waals surface area (Å²) >= 11 is 0. The fourth-order valence-electron chi connectivity index (χ4n) is 3.42. The Morgan fingerprint density at radius 1 is 1.00 bits per heavy atom. The quantitative estimate of drug-likeness (QED) is 0.623. The van der Waals surface area contributed by atoms with Gasteiger partial charge >= 0.3 is 5.97 Å². The van der Waals surface area contributed by atoms with Crippen molar-refractivity contribution in [3.63, 3.8) is 0 Å². The molecule has 1 amide bonds. The van der Waals surface area contributed by atoms with Gasteiger partial charge in [0.2, 0.25) is 0 Å². The summed E-state index contributed by atoms with van der Waals surface area (Å²) in [6.07, 6.45) is -0.841. The van der Waals surface area contributed by atoms with Gasteiger partial charge in [0.15, 0.2) is 6.10 Å². The van der Waals surface area contributed by atoms with Crippen LogP contribution < -0.4 is 5.32 Å². The van der Waals surface area contributed by atoms with Crippen molar-refractivity contribution in [3.05, 3.63) is 76.6 Å². The average Bonchev–Trinajstić information content (AvgIpc) is 2.99. The molecule has 0 spiro atoms. The topological polar surface area (TPSA) is 73.2 Å². The summed E-state index contributed by atoms with van der Waals surface area (Å²) in [5.74, 6) is -0.813. The van der Waals surface area contributed by atoms with Crippen LogP contribution in [-0.4, -0.2) is 27.8 Å². The second-order valence-electron chi connectivity index (χ2n) is 7.46. The molecule has 156 valence electrons. The number of hydrogen-bond donors (Lipinski definition) is 1. The SMILES string of the molecule is Cc1cccc(C)c1NC(=O)[C@@H](C)OC(=O)Cc1c(C)nn(-c2ccccc2)c1C. The molecule has 6 heteroatoms. The molecule has 0 unspecified atom stereocenters. The number of nitrogens with zero attached hydrogens (tertiary/aromatic N) is 2. The highest BCUT2D eigenvalue weighted by atomic mass is 16.5. The second-order valence-corrected chi connectivity index (χ2v) is 7.46. The number of para-hydroxylation sites is 2. The first-order valence-electron chi connectivity index (χ1n) is 9.95. The highest BCUT2D eigenvalue weighted by molar-refractivity contribution is 5.96. The lowest BCUT2D eigenvalue weighted by molar-refractivity contribution is -0.152. The minimum Gasteiger partial charge on any atom is -0.452 e. The zero-order valence-electron chi connectivity index (χ0n) is 18.0. The number of aromatic nitrogens is 2. The summed E-state index contributed by atoms with van der Waals surface area (Å²) in [5, 5.41) is 7.42. The number of amides is 1. The molecule has 0 aliphatic rings. The molecule has 0 aliphatic heterocycles. The minimum atomic E-state index is -0.902. The number of esters is 1. The van der Waals surface area contributed by atoms with Crippen molar-refractivity contribution in [3.8, 4) is 5.69 Å². The third-order valence-corrected chi connectivity index (χ3v) is 5.17. The molecule has 3 aromatic rings. The molecule has 30 heavy (non-hydrogen) atoms. The first kappa shape index (κ1) is 21.3. The van der Waals surface area contributed by atoms with Crippen molar-refractivity contribution in [2.45, 2.75) is 47.1 Å². The molecule has 1 N–H and O–H groups in total. The van der Waals surface area contributed by atoms with Crippen molar-refractivity contribution < 1.29 is 14.3 Å². The van der Waals surface area contributed by atoms with Crippen LogP contribution in [0, 0.1) is 27.7 Å². The summed E-state index contributed by atoms with van der Waals surface area (Å²) in [6, 6.07) is 15.5. The van der Waals surface area contributed by atoms with Crippen LogP contribution in [0.15, 0.2) is 48.5 Å². The van der Waals surface area contributed by atoms with E-state index in [9.17, 15) is 9.59 Å². The first-order valence-corrected chi connectivity index (χ1v) is 9.95. The number of aryl methyl sites for hydroxylation is 3. The molecule has 0 fully saturated rings. The Hall–Kier alpha value is -3.41. The lowest BCUT2D eigenvalue weighted by atomic mass is 10.1. The van der Waals surface area contributed by atoms with Gasteiger partial charge in [-0.25, -0.2) is 4.68 Å². The van der Waals surface area contributed by atoms with Gasteiger partial charge in [-0.3, -0.25) is 9.59 Å². The van der Waals surface area contributed by atoms with E-state index in [2.05, 4.69) is 10.4 Å². The standard InChI is InChI=1S/C24H27N3O3/c1-15-10-9-11-16(2)23(15)25-24(29)19(5)30-22(28)14-21-17(3)26-27(18(21)4)20-12-7-6-8-13-20/h6-13,19H,14H2,1-5H3,(H,25,29)/t19-/m1/s1. The van der Waals surface area contributed by atoms with Gasteiger partial charge in [0.1, 0.15) is 0 Å². The van der Waals surface area contributed by atoms with E-state index in [1.54, 1.807) is 6.92 Å². The van der Waals surface area contributed by atoms with Crippen molar-refractivity contribution in [1.29, 1.82) is 0 Å². The molecule has 1 atom stereocenters. The molecule has 6 nitrogen and oxygen atoms in total. The number of ether oxygens (including phenoxy) is 1. The number of carbonyl (C=O) groups excluding carboxylic acids is 2. The Morgan fingerprint density at radius 3 is 2.27 bits per heavy atom. The number of hydrogen-bond acceptors (Lipinski definition) is 4. The Labute approximate surface area is 176 Å². The zero-order valence-corrected chi connectivity index (χ0v) is 18.0. The van der Waals surface area contributed by atoms with Crippen molar-refractivity contribution in [2.75, 3.05) is 5.32 Å². The third kappa shape index (κ3) is 4.59. The van der Waals surface area contributed by atoms with E-state index in [1.807, 2.05) is 80.9 Å². The van der Waals surface area contributed by atoms with Gasteiger partial charge in [0, 0.05) is 16.9 Å². The van der Waals surface area contributed by atoms with Crippen LogP contribution in [0.3, 0.4) is 0 Å². The summed E-state index contributed by atoms with van der Waals surface area (Å²) in [5.41, 5.74) is 6.05. The molecule has 0 bridgehead atoms. The first-order chi connectivity index (χ1) is 14.3. The molecule has 2 aromatic carbocycles. The fourth-order valence-corrected chi connectivity index (χ4v) is 3.42.